The summed E-state index contributed by atoms with van der Waals surface area (Å²) in [6.07, 6.45) is 7.62. The smallest absolute Gasteiger partial charge is 0.240 e. The van der Waals surface area contributed by atoms with Crippen LogP contribution < -0.4 is 5.73 Å². The van der Waals surface area contributed by atoms with E-state index in [0.717, 1.165) is 15.6 Å². The maximum atomic E-state index is 14.0. The van der Waals surface area contributed by atoms with Gasteiger partial charge in [-0.15, -0.1) is 0 Å². The summed E-state index contributed by atoms with van der Waals surface area (Å²) in [5, 5.41) is 0.972. The molecule has 1 atom stereocenters. The van der Waals surface area contributed by atoms with Crippen molar-refractivity contribution in [3.8, 4) is 0 Å². The molecule has 6 nitrogen and oxygen atoms in total. The molecule has 1 saturated carbocycles. The van der Waals surface area contributed by atoms with Gasteiger partial charge in [0.15, 0.2) is 0 Å². The molecule has 0 bridgehead atoms. The molecule has 1 heterocycles. The van der Waals surface area contributed by atoms with Gasteiger partial charge >= 0.3 is 0 Å². The maximum absolute atomic E-state index is 14.0. The number of imidazole rings is 1. The van der Waals surface area contributed by atoms with E-state index in [4.69, 9.17) is 28.9 Å². The van der Waals surface area contributed by atoms with Crippen LogP contribution >= 0.6 is 39.1 Å². The van der Waals surface area contributed by atoms with Crippen LogP contribution in [0, 0.1) is 0 Å². The number of nitrogens with zero attached hydrogens (tertiary/aromatic N) is 3. The number of hydrogen-bond acceptors (Lipinski definition) is 3. The monoisotopic (exact) mass is 562 g/mol. The van der Waals surface area contributed by atoms with Gasteiger partial charge in [0, 0.05) is 46.4 Å². The van der Waals surface area contributed by atoms with E-state index in [2.05, 4.69) is 20.9 Å². The highest BCUT2D eigenvalue weighted by Gasteiger charge is 2.55. The van der Waals surface area contributed by atoms with Crippen LogP contribution in [-0.4, -0.2) is 38.9 Å². The molecule has 0 saturated heterocycles. The quantitative estimate of drug-likeness (QED) is 0.377. The molecule has 1 aliphatic carbocycles. The van der Waals surface area contributed by atoms with Gasteiger partial charge in [-0.2, -0.15) is 0 Å². The molecule has 0 unspecified atom stereocenters. The number of benzene rings is 2. The van der Waals surface area contributed by atoms with Crippen LogP contribution in [0.3, 0.4) is 0 Å². The van der Waals surface area contributed by atoms with Gasteiger partial charge in [-0.25, -0.2) is 4.98 Å². The summed E-state index contributed by atoms with van der Waals surface area (Å²) in [5.74, 6) is -0.653. The molecule has 4 rings (SSSR count). The number of rotatable bonds is 10. The van der Waals surface area contributed by atoms with E-state index < -0.39 is 17.4 Å². The normalized spacial score (nSPS) is 15.0. The number of primary amides is 1. The number of aromatic nitrogens is 2. The molecule has 34 heavy (non-hydrogen) atoms. The molecule has 3 aromatic rings. The van der Waals surface area contributed by atoms with Gasteiger partial charge in [-0.05, 0) is 54.7 Å². The Morgan fingerprint density at radius 2 is 1.91 bits per heavy atom. The highest BCUT2D eigenvalue weighted by Crippen LogP contribution is 2.52. The third-order valence-electron chi connectivity index (χ3n) is 6.29. The molecule has 1 fully saturated rings. The van der Waals surface area contributed by atoms with Crippen molar-refractivity contribution < 1.29 is 9.59 Å². The first-order chi connectivity index (χ1) is 16.3. The minimum absolute atomic E-state index is 0.122. The number of carbonyl (C=O) groups excluding carboxylic acids is 2. The van der Waals surface area contributed by atoms with E-state index in [1.807, 2.05) is 41.1 Å². The Labute approximate surface area is 217 Å². The standard InChI is InChI=1S/C25H25BrCl2N4O2/c26-18-4-2-17(3-5-18)14-22(23(29)33)32(12-1-11-31-13-10-30-16-31)24(34)25(8-9-25)20-7-6-19(27)15-21(20)28/h2-7,10,13,15-16,22H,1,8-9,11-12,14H2,(H2,29,33)/t22-/m0/s1. The fraction of sp³-hybridized carbons (Fsp3) is 0.320. The van der Waals surface area contributed by atoms with Crippen molar-refractivity contribution in [1.29, 1.82) is 0 Å². The van der Waals surface area contributed by atoms with Gasteiger partial charge in [-0.3, -0.25) is 9.59 Å². The Morgan fingerprint density at radius 3 is 2.50 bits per heavy atom. The summed E-state index contributed by atoms with van der Waals surface area (Å²) in [6, 6.07) is 12.1. The topological polar surface area (TPSA) is 81.2 Å². The van der Waals surface area contributed by atoms with Crippen molar-refractivity contribution >= 4 is 50.9 Å². The molecular formula is C25H25BrCl2N4O2. The molecule has 2 N–H and O–H groups in total. The molecule has 2 aromatic carbocycles. The second-order valence-electron chi connectivity index (χ2n) is 8.61. The predicted molar refractivity (Wildman–Crippen MR) is 137 cm³/mol. The van der Waals surface area contributed by atoms with Gasteiger partial charge in [0.05, 0.1) is 11.7 Å². The summed E-state index contributed by atoms with van der Waals surface area (Å²) >= 11 is 16.0. The van der Waals surface area contributed by atoms with E-state index in [9.17, 15) is 9.59 Å². The Hall–Kier alpha value is -2.35. The summed E-state index contributed by atoms with van der Waals surface area (Å²) in [4.78, 5) is 32.4. The van der Waals surface area contributed by atoms with E-state index >= 15 is 0 Å². The summed E-state index contributed by atoms with van der Waals surface area (Å²) in [7, 11) is 0. The highest BCUT2D eigenvalue weighted by molar-refractivity contribution is 9.10. The third kappa shape index (κ3) is 5.48. The lowest BCUT2D eigenvalue weighted by Gasteiger charge is -2.34. The van der Waals surface area contributed by atoms with Crippen molar-refractivity contribution in [2.24, 2.45) is 5.73 Å². The van der Waals surface area contributed by atoms with E-state index in [-0.39, 0.29) is 5.91 Å². The molecular weight excluding hydrogens is 539 g/mol. The first kappa shape index (κ1) is 24.8. The maximum Gasteiger partial charge on any atom is 0.240 e. The van der Waals surface area contributed by atoms with E-state index in [1.165, 1.54) is 0 Å². The third-order valence-corrected chi connectivity index (χ3v) is 7.36. The number of aryl methyl sites for hydroxylation is 1. The van der Waals surface area contributed by atoms with Crippen LogP contribution in [-0.2, 0) is 28.0 Å². The molecule has 2 amide bonds. The Bertz CT molecular complexity index is 1160. The van der Waals surface area contributed by atoms with Gasteiger partial charge in [-0.1, -0.05) is 57.3 Å². The minimum Gasteiger partial charge on any atom is -0.368 e. The van der Waals surface area contributed by atoms with Crippen molar-refractivity contribution in [3.63, 3.8) is 0 Å². The molecule has 0 aliphatic heterocycles. The minimum atomic E-state index is -0.778. The van der Waals surface area contributed by atoms with E-state index in [1.54, 1.807) is 29.6 Å². The zero-order valence-electron chi connectivity index (χ0n) is 18.5. The highest BCUT2D eigenvalue weighted by atomic mass is 79.9. The molecule has 178 valence electrons. The van der Waals surface area contributed by atoms with Crippen molar-refractivity contribution in [1.82, 2.24) is 14.5 Å². The van der Waals surface area contributed by atoms with Crippen LogP contribution in [0.5, 0.6) is 0 Å². The van der Waals surface area contributed by atoms with Crippen LogP contribution in [0.25, 0.3) is 0 Å². The molecule has 0 radical (unpaired) electrons. The van der Waals surface area contributed by atoms with Gasteiger partial charge in [0.1, 0.15) is 6.04 Å². The second kappa shape index (κ2) is 10.5. The van der Waals surface area contributed by atoms with Gasteiger partial charge in [0.25, 0.3) is 0 Å². The predicted octanol–water partition coefficient (Wildman–Crippen LogP) is 5.00. The fourth-order valence-corrected chi connectivity index (χ4v) is 5.18. The Balaban J connectivity index is 1.63. The SMILES string of the molecule is NC(=O)[C@H](Cc1ccc(Br)cc1)N(CCCn1ccnc1)C(=O)C1(c2ccc(Cl)cc2Cl)CC1. The Morgan fingerprint density at radius 1 is 1.18 bits per heavy atom. The number of hydrogen-bond donors (Lipinski definition) is 1. The van der Waals surface area contributed by atoms with Crippen molar-refractivity contribution in [2.75, 3.05) is 6.54 Å². The number of amides is 2. The first-order valence-electron chi connectivity index (χ1n) is 11.1. The van der Waals surface area contributed by atoms with Crippen LogP contribution in [0.2, 0.25) is 10.0 Å². The van der Waals surface area contributed by atoms with Crippen LogP contribution in [0.1, 0.15) is 30.4 Å². The fourth-order valence-electron chi connectivity index (χ4n) is 4.33. The summed E-state index contributed by atoms with van der Waals surface area (Å²) < 4.78 is 2.88. The largest absolute Gasteiger partial charge is 0.368 e. The van der Waals surface area contributed by atoms with Gasteiger partial charge < -0.3 is 15.2 Å². The molecule has 0 spiro atoms. The van der Waals surface area contributed by atoms with E-state index in [0.29, 0.717) is 48.8 Å². The number of carbonyl (C=O) groups is 2. The molecule has 1 aromatic heterocycles. The van der Waals surface area contributed by atoms with Crippen molar-refractivity contribution in [3.05, 3.63) is 86.8 Å². The second-order valence-corrected chi connectivity index (χ2v) is 10.4. The van der Waals surface area contributed by atoms with Crippen LogP contribution in [0.4, 0.5) is 0 Å². The zero-order valence-corrected chi connectivity index (χ0v) is 21.6. The van der Waals surface area contributed by atoms with Gasteiger partial charge in [0.2, 0.25) is 11.8 Å². The first-order valence-corrected chi connectivity index (χ1v) is 12.6. The molecule has 1 aliphatic rings. The van der Waals surface area contributed by atoms with Crippen LogP contribution in [0.15, 0.2) is 65.7 Å². The lowest BCUT2D eigenvalue weighted by atomic mass is 9.92. The molecule has 9 heteroatoms. The lowest BCUT2D eigenvalue weighted by molar-refractivity contribution is -0.141. The summed E-state index contributed by atoms with van der Waals surface area (Å²) in [6.45, 7) is 1.05. The average molecular weight is 564 g/mol. The van der Waals surface area contributed by atoms with Crippen molar-refractivity contribution in [2.45, 2.75) is 43.7 Å². The average Bonchev–Trinajstić information content (AvgIpc) is 3.43. The Kier molecular flexibility index (Phi) is 7.65. The lowest BCUT2D eigenvalue weighted by Crippen LogP contribution is -2.53. The number of nitrogens with two attached hydrogens (primary N) is 1. The summed E-state index contributed by atoms with van der Waals surface area (Å²) in [5.41, 5.74) is 6.78. The zero-order chi connectivity index (χ0) is 24.3. The number of halogens is 3.